The summed E-state index contributed by atoms with van der Waals surface area (Å²) in [6.45, 7) is 3.19. The number of nitrogens with zero attached hydrogens (tertiary/aromatic N) is 1. The van der Waals surface area contributed by atoms with Gasteiger partial charge in [-0.05, 0) is 73.9 Å². The van der Waals surface area contributed by atoms with Crippen LogP contribution in [0.25, 0.3) is 11.1 Å². The van der Waals surface area contributed by atoms with Gasteiger partial charge in [-0.3, -0.25) is 4.90 Å². The van der Waals surface area contributed by atoms with Crippen LogP contribution in [0.1, 0.15) is 42.9 Å². The van der Waals surface area contributed by atoms with E-state index in [0.717, 1.165) is 67.9 Å². The lowest BCUT2D eigenvalue weighted by atomic mass is 9.85. The van der Waals surface area contributed by atoms with E-state index >= 15 is 0 Å². The Morgan fingerprint density at radius 3 is 2.69 bits per heavy atom. The van der Waals surface area contributed by atoms with E-state index < -0.39 is 0 Å². The molecule has 3 fully saturated rings. The van der Waals surface area contributed by atoms with Crippen molar-refractivity contribution in [1.82, 2.24) is 10.2 Å². The molecule has 2 aromatic rings. The molecule has 4 aliphatic rings. The van der Waals surface area contributed by atoms with Crippen molar-refractivity contribution in [1.29, 1.82) is 0 Å². The van der Waals surface area contributed by atoms with Crippen molar-refractivity contribution in [3.63, 3.8) is 0 Å². The molecule has 6 rings (SSSR count). The second kappa shape index (κ2) is 8.00. The largest absolute Gasteiger partial charge is 0.445 e. The molecule has 2 aromatic carbocycles. The van der Waals surface area contributed by atoms with Crippen molar-refractivity contribution < 1.29 is 9.53 Å². The van der Waals surface area contributed by atoms with Crippen LogP contribution < -0.4 is 5.32 Å². The zero-order valence-electron chi connectivity index (χ0n) is 16.6. The third-order valence-electron chi connectivity index (χ3n) is 6.79. The minimum Gasteiger partial charge on any atom is -0.445 e. The van der Waals surface area contributed by atoms with E-state index in [0.29, 0.717) is 5.92 Å². The Morgan fingerprint density at radius 2 is 1.93 bits per heavy atom. The molecule has 2 atom stereocenters. The zero-order valence-corrected chi connectivity index (χ0v) is 17.3. The van der Waals surface area contributed by atoms with Crippen LogP contribution in [0.5, 0.6) is 0 Å². The van der Waals surface area contributed by atoms with Crippen LogP contribution in [0, 0.1) is 5.92 Å². The topological polar surface area (TPSA) is 41.6 Å². The maximum absolute atomic E-state index is 12.6. The van der Waals surface area contributed by atoms with Gasteiger partial charge in [-0.15, -0.1) is 0 Å². The molecule has 0 aromatic heterocycles. The van der Waals surface area contributed by atoms with E-state index in [-0.39, 0.29) is 18.2 Å². The first-order valence-electron chi connectivity index (χ1n) is 10.7. The predicted octanol–water partition coefficient (Wildman–Crippen LogP) is 5.20. The molecule has 1 unspecified atom stereocenters. The van der Waals surface area contributed by atoms with Crippen molar-refractivity contribution in [2.24, 2.45) is 5.92 Å². The average Bonchev–Trinajstić information content (AvgIpc) is 2.75. The van der Waals surface area contributed by atoms with Crippen LogP contribution in [0.3, 0.4) is 0 Å². The highest BCUT2D eigenvalue weighted by atomic mass is 35.5. The Hall–Kier alpha value is -2.04. The summed E-state index contributed by atoms with van der Waals surface area (Å²) in [5.74, 6) is 0.530. The fourth-order valence-electron chi connectivity index (χ4n) is 5.19. The summed E-state index contributed by atoms with van der Waals surface area (Å²) in [5, 5.41) is 3.91. The molecule has 1 N–H and O–H groups in total. The third-order valence-corrected chi connectivity index (χ3v) is 7.12. The number of carbonyl (C=O) groups excluding carboxylic acids is 1. The number of hydrogen-bond acceptors (Lipinski definition) is 3. The van der Waals surface area contributed by atoms with E-state index in [9.17, 15) is 4.79 Å². The van der Waals surface area contributed by atoms with Crippen molar-refractivity contribution >= 4 is 17.7 Å². The van der Waals surface area contributed by atoms with Crippen molar-refractivity contribution in [2.75, 3.05) is 19.6 Å². The van der Waals surface area contributed by atoms with Gasteiger partial charge >= 0.3 is 6.09 Å². The van der Waals surface area contributed by atoms with Crippen molar-refractivity contribution in [3.8, 4) is 11.1 Å². The molecule has 152 valence electrons. The smallest absolute Gasteiger partial charge is 0.407 e. The third kappa shape index (κ3) is 3.88. The lowest BCUT2D eigenvalue weighted by molar-refractivity contribution is -0.0340. The van der Waals surface area contributed by atoms with E-state index in [1.54, 1.807) is 0 Å². The van der Waals surface area contributed by atoms with Gasteiger partial charge in [0.1, 0.15) is 6.10 Å². The Labute approximate surface area is 177 Å². The van der Waals surface area contributed by atoms with Crippen LogP contribution in [-0.2, 0) is 11.2 Å². The minimum absolute atomic E-state index is 0.0210. The highest BCUT2D eigenvalue weighted by Crippen LogP contribution is 2.35. The Kier molecular flexibility index (Phi) is 5.23. The first-order chi connectivity index (χ1) is 14.2. The molecular weight excluding hydrogens is 384 g/mol. The molecule has 4 nitrogen and oxygen atoms in total. The fraction of sp³-hybridized carbons (Fsp3) is 0.458. The molecule has 1 aliphatic carbocycles. The Bertz CT molecular complexity index is 908. The van der Waals surface area contributed by atoms with Gasteiger partial charge in [-0.25, -0.2) is 4.79 Å². The molecule has 1 amide bonds. The maximum Gasteiger partial charge on any atom is 0.407 e. The van der Waals surface area contributed by atoms with E-state index in [1.807, 2.05) is 24.3 Å². The molecule has 0 spiro atoms. The second-order valence-electron chi connectivity index (χ2n) is 8.56. The van der Waals surface area contributed by atoms with Crippen LogP contribution in [0.4, 0.5) is 4.79 Å². The first kappa shape index (κ1) is 19.0. The van der Waals surface area contributed by atoms with Crippen LogP contribution in [0.15, 0.2) is 42.5 Å². The van der Waals surface area contributed by atoms with Gasteiger partial charge in [0.15, 0.2) is 0 Å². The summed E-state index contributed by atoms with van der Waals surface area (Å²) in [4.78, 5) is 15.0. The van der Waals surface area contributed by atoms with Gasteiger partial charge in [0.2, 0.25) is 0 Å². The summed E-state index contributed by atoms with van der Waals surface area (Å²) in [7, 11) is 0. The monoisotopic (exact) mass is 410 g/mol. The summed E-state index contributed by atoms with van der Waals surface area (Å²) in [5.41, 5.74) is 4.68. The van der Waals surface area contributed by atoms with E-state index in [4.69, 9.17) is 16.3 Å². The number of piperidine rings is 3. The molecule has 29 heavy (non-hydrogen) atoms. The van der Waals surface area contributed by atoms with Crippen molar-refractivity contribution in [2.45, 2.75) is 44.2 Å². The molecule has 0 radical (unpaired) electrons. The second-order valence-corrected chi connectivity index (χ2v) is 8.97. The van der Waals surface area contributed by atoms with Gasteiger partial charge in [-0.1, -0.05) is 48.0 Å². The predicted molar refractivity (Wildman–Crippen MR) is 115 cm³/mol. The lowest BCUT2D eigenvalue weighted by Gasteiger charge is -2.44. The van der Waals surface area contributed by atoms with E-state index in [1.165, 1.54) is 11.1 Å². The van der Waals surface area contributed by atoms with Gasteiger partial charge < -0.3 is 10.1 Å². The number of aryl methyl sites for hydroxylation is 1. The number of rotatable bonds is 3. The van der Waals surface area contributed by atoms with Gasteiger partial charge in [0.05, 0.1) is 6.04 Å². The summed E-state index contributed by atoms with van der Waals surface area (Å²) < 4.78 is 5.84. The molecule has 3 aliphatic heterocycles. The number of alkyl carbamates (subject to hydrolysis) is 1. The number of amides is 1. The Balaban J connectivity index is 1.29. The van der Waals surface area contributed by atoms with Crippen molar-refractivity contribution in [3.05, 3.63) is 58.6 Å². The number of carbonyl (C=O) groups is 1. The van der Waals surface area contributed by atoms with E-state index in [2.05, 4.69) is 28.4 Å². The van der Waals surface area contributed by atoms with Gasteiger partial charge in [-0.2, -0.15) is 0 Å². The van der Waals surface area contributed by atoms with Gasteiger partial charge in [0.25, 0.3) is 0 Å². The number of ether oxygens (including phenoxy) is 1. The average molecular weight is 411 g/mol. The number of benzene rings is 2. The molecule has 5 heteroatoms. The van der Waals surface area contributed by atoms with Crippen LogP contribution >= 0.6 is 11.6 Å². The molecule has 3 saturated heterocycles. The Morgan fingerprint density at radius 1 is 1.10 bits per heavy atom. The normalized spacial score (nSPS) is 27.9. The lowest BCUT2D eigenvalue weighted by Crippen LogP contribution is -2.52. The zero-order chi connectivity index (χ0) is 19.8. The summed E-state index contributed by atoms with van der Waals surface area (Å²) in [6, 6.07) is 14.4. The highest BCUT2D eigenvalue weighted by Gasteiger charge is 2.37. The van der Waals surface area contributed by atoms with Crippen LogP contribution in [0.2, 0.25) is 5.02 Å². The SMILES string of the molecule is O=C(NC1CCCc2cc(-c3ccccc3Cl)ccc21)O[C@@H]1CN2CCC1CC2. The number of nitrogens with one attached hydrogen (secondary N) is 1. The van der Waals surface area contributed by atoms with Crippen LogP contribution in [-0.4, -0.2) is 36.7 Å². The molecule has 0 saturated carbocycles. The number of hydrogen-bond donors (Lipinski definition) is 1. The number of fused-ring (bicyclic) bond motifs is 4. The summed E-state index contributed by atoms with van der Waals surface area (Å²) in [6.07, 6.45) is 5.11. The number of halogens is 1. The summed E-state index contributed by atoms with van der Waals surface area (Å²) >= 11 is 6.38. The minimum atomic E-state index is -0.267. The first-order valence-corrected chi connectivity index (χ1v) is 11.1. The highest BCUT2D eigenvalue weighted by molar-refractivity contribution is 6.33. The quantitative estimate of drug-likeness (QED) is 0.755. The molecular formula is C24H27ClN2O2. The molecule has 2 bridgehead atoms. The van der Waals surface area contributed by atoms with Gasteiger partial charge in [0, 0.05) is 17.1 Å². The fourth-order valence-corrected chi connectivity index (χ4v) is 5.43. The molecule has 3 heterocycles. The maximum atomic E-state index is 12.6. The standard InChI is InChI=1S/C24H27ClN2O2/c25-21-6-2-1-5-19(21)18-8-9-20-17(14-18)4-3-7-22(20)26-24(28)29-23-15-27-12-10-16(23)11-13-27/h1-2,5-6,8-9,14,16,22-23H,3-4,7,10-13,15H2,(H,26,28)/t22?,23-/m1/s1.